The van der Waals surface area contributed by atoms with Gasteiger partial charge in [-0.2, -0.15) is 5.01 Å². The molecular weight excluding hydrogens is 290 g/mol. The molecule has 0 aromatic carbocycles. The molecule has 0 radical (unpaired) electrons. The molecule has 6 N–H and O–H groups in total. The number of carbonyl (C=O) groups is 3. The highest BCUT2D eigenvalue weighted by atomic mass is 16.6. The van der Waals surface area contributed by atoms with Crippen molar-refractivity contribution < 1.29 is 39.5 Å². The Morgan fingerprint density at radius 3 is 2.52 bits per heavy atom. The van der Waals surface area contributed by atoms with Gasteiger partial charge < -0.3 is 25.2 Å². The highest BCUT2D eigenvalue weighted by Crippen LogP contribution is 2.32. The summed E-state index contributed by atoms with van der Waals surface area (Å²) in [5.41, 5.74) is -0.470. The van der Waals surface area contributed by atoms with Crippen LogP contribution in [0.3, 0.4) is 0 Å². The highest BCUT2D eigenvalue weighted by Gasteiger charge is 2.65. The van der Waals surface area contributed by atoms with Gasteiger partial charge in [-0.1, -0.05) is 0 Å². The summed E-state index contributed by atoms with van der Waals surface area (Å²) in [6, 6.07) is -1.09. The number of urea groups is 1. The maximum Gasteiger partial charge on any atom is 0.346 e. The van der Waals surface area contributed by atoms with Crippen LogP contribution in [0.5, 0.6) is 0 Å². The van der Waals surface area contributed by atoms with E-state index in [4.69, 9.17) is 9.84 Å². The lowest BCUT2D eigenvalue weighted by Crippen LogP contribution is -2.71. The number of nitrogens with one attached hydrogen (secondary N) is 2. The number of carbonyl (C=O) groups excluding carboxylic acids is 3. The van der Waals surface area contributed by atoms with Crippen LogP contribution in [0.1, 0.15) is 6.92 Å². The fourth-order valence-electron chi connectivity index (χ4n) is 2.24. The molecule has 2 saturated heterocycles. The molecule has 0 aliphatic carbocycles. The van der Waals surface area contributed by atoms with Crippen molar-refractivity contribution in [1.29, 1.82) is 0 Å². The van der Waals surface area contributed by atoms with Gasteiger partial charge in [-0.25, -0.2) is 4.79 Å². The summed E-state index contributed by atoms with van der Waals surface area (Å²) in [6.45, 7) is 0.287. The lowest BCUT2D eigenvalue weighted by Gasteiger charge is -2.44. The third kappa shape index (κ3) is 2.24. The van der Waals surface area contributed by atoms with Crippen LogP contribution < -0.4 is 10.7 Å². The number of imide groups is 1. The first kappa shape index (κ1) is 15.6. The van der Waals surface area contributed by atoms with Gasteiger partial charge in [0.25, 0.3) is 5.72 Å². The summed E-state index contributed by atoms with van der Waals surface area (Å²) in [4.78, 5) is 34.9. The fraction of sp³-hybridized carbons (Fsp3) is 0.700. The standard InChI is InChI=1S/C10H15N3O8/c1-3(15)12-13-8(19)10(11-9(13)20)7(18)6(17)5(16)4(2-14)21-10/h4-7,14,16-18H,2H2,1H3,(H,11,20)(H,12,15)/t4-,5+,6+,7-,10+/m1/s1. The third-order valence-electron chi connectivity index (χ3n) is 3.27. The Bertz CT molecular complexity index is 483. The summed E-state index contributed by atoms with van der Waals surface area (Å²) in [7, 11) is 0. The predicted octanol–water partition coefficient (Wildman–Crippen LogP) is -4.24. The normalized spacial score (nSPS) is 39.6. The second-order valence-electron chi connectivity index (χ2n) is 4.74. The lowest BCUT2D eigenvalue weighted by molar-refractivity contribution is -0.269. The van der Waals surface area contributed by atoms with E-state index >= 15 is 0 Å². The minimum Gasteiger partial charge on any atom is -0.394 e. The van der Waals surface area contributed by atoms with E-state index in [1.54, 1.807) is 0 Å². The van der Waals surface area contributed by atoms with Crippen LogP contribution in [0, 0.1) is 0 Å². The van der Waals surface area contributed by atoms with E-state index in [0.29, 0.717) is 0 Å². The quantitative estimate of drug-likeness (QED) is 0.279. The first-order valence-electron chi connectivity index (χ1n) is 6.01. The van der Waals surface area contributed by atoms with Gasteiger partial charge in [0.05, 0.1) is 6.61 Å². The van der Waals surface area contributed by atoms with Crippen LogP contribution >= 0.6 is 0 Å². The van der Waals surface area contributed by atoms with Gasteiger partial charge in [-0.15, -0.1) is 0 Å². The number of hydrogen-bond donors (Lipinski definition) is 6. The van der Waals surface area contributed by atoms with Gasteiger partial charge in [0.15, 0.2) is 0 Å². The highest BCUT2D eigenvalue weighted by molar-refractivity contribution is 6.07. The third-order valence-corrected chi connectivity index (χ3v) is 3.27. The Hall–Kier alpha value is -1.79. The zero-order chi connectivity index (χ0) is 15.9. The van der Waals surface area contributed by atoms with Gasteiger partial charge in [-0.3, -0.25) is 20.3 Å². The number of ether oxygens (including phenoxy) is 1. The molecule has 0 aromatic rings. The van der Waals surface area contributed by atoms with Crippen LogP contribution in [-0.2, 0) is 14.3 Å². The molecule has 0 bridgehead atoms. The number of rotatable bonds is 2. The molecular formula is C10H15N3O8. The number of hydrogen-bond acceptors (Lipinski definition) is 8. The van der Waals surface area contributed by atoms with Gasteiger partial charge in [0.1, 0.15) is 24.4 Å². The van der Waals surface area contributed by atoms with E-state index in [-0.39, 0.29) is 5.01 Å². The lowest BCUT2D eigenvalue weighted by atomic mass is 9.90. The molecule has 11 heteroatoms. The smallest absolute Gasteiger partial charge is 0.346 e. The molecule has 118 valence electrons. The fourth-order valence-corrected chi connectivity index (χ4v) is 2.24. The molecule has 2 rings (SSSR count). The molecule has 0 aromatic heterocycles. The molecule has 2 heterocycles. The second-order valence-corrected chi connectivity index (χ2v) is 4.74. The van der Waals surface area contributed by atoms with E-state index in [9.17, 15) is 29.7 Å². The van der Waals surface area contributed by atoms with Gasteiger partial charge in [0, 0.05) is 6.92 Å². The molecule has 4 amide bonds. The van der Waals surface area contributed by atoms with Crippen LogP contribution in [0.25, 0.3) is 0 Å². The molecule has 2 fully saturated rings. The number of amides is 4. The number of nitrogens with zero attached hydrogens (tertiary/aromatic N) is 1. The molecule has 2 aliphatic rings. The Labute approximate surface area is 118 Å². The van der Waals surface area contributed by atoms with Crippen LogP contribution in [-0.4, -0.2) is 80.0 Å². The van der Waals surface area contributed by atoms with Gasteiger partial charge >= 0.3 is 11.9 Å². The molecule has 2 aliphatic heterocycles. The minimum absolute atomic E-state index is 0.282. The zero-order valence-corrected chi connectivity index (χ0v) is 10.9. The monoisotopic (exact) mass is 305 g/mol. The van der Waals surface area contributed by atoms with E-state index < -0.39 is 54.6 Å². The predicted molar refractivity (Wildman–Crippen MR) is 61.9 cm³/mol. The minimum atomic E-state index is -2.40. The van der Waals surface area contributed by atoms with Crippen molar-refractivity contribution in [3.8, 4) is 0 Å². The zero-order valence-electron chi connectivity index (χ0n) is 10.9. The Kier molecular flexibility index (Phi) is 3.86. The topological polar surface area (TPSA) is 169 Å². The van der Waals surface area contributed by atoms with E-state index in [1.165, 1.54) is 0 Å². The molecule has 21 heavy (non-hydrogen) atoms. The van der Waals surface area contributed by atoms with Crippen LogP contribution in [0.2, 0.25) is 0 Å². The van der Waals surface area contributed by atoms with Gasteiger partial charge in [0.2, 0.25) is 5.91 Å². The van der Waals surface area contributed by atoms with Crippen LogP contribution in [0.15, 0.2) is 0 Å². The Balaban J connectivity index is 2.35. The summed E-state index contributed by atoms with van der Waals surface area (Å²) < 4.78 is 5.09. The number of aliphatic hydroxyl groups is 4. The largest absolute Gasteiger partial charge is 0.394 e. The van der Waals surface area contributed by atoms with E-state index in [2.05, 4.69) is 0 Å². The molecule has 0 unspecified atom stereocenters. The summed E-state index contributed by atoms with van der Waals surface area (Å²) in [5, 5.41) is 40.7. The number of aliphatic hydroxyl groups excluding tert-OH is 4. The Morgan fingerprint density at radius 1 is 1.38 bits per heavy atom. The van der Waals surface area contributed by atoms with E-state index in [1.807, 2.05) is 10.7 Å². The summed E-state index contributed by atoms with van der Waals surface area (Å²) in [5.74, 6) is -1.90. The first-order valence-corrected chi connectivity index (χ1v) is 6.01. The van der Waals surface area contributed by atoms with Crippen molar-refractivity contribution in [1.82, 2.24) is 15.8 Å². The molecule has 11 nitrogen and oxygen atoms in total. The molecule has 5 atom stereocenters. The van der Waals surface area contributed by atoms with Crippen molar-refractivity contribution >= 4 is 17.8 Å². The van der Waals surface area contributed by atoms with E-state index in [0.717, 1.165) is 6.92 Å². The first-order chi connectivity index (χ1) is 9.74. The SMILES string of the molecule is CC(=O)NN1C(=O)N[C@@]2(O[C@H](CO)[C@H](O)[C@H](O)[C@H]2O)C1=O. The molecule has 1 spiro atoms. The average molecular weight is 305 g/mol. The van der Waals surface area contributed by atoms with Crippen molar-refractivity contribution in [2.75, 3.05) is 6.61 Å². The molecule has 0 saturated carbocycles. The maximum absolute atomic E-state index is 12.2. The van der Waals surface area contributed by atoms with Crippen molar-refractivity contribution in [3.63, 3.8) is 0 Å². The Morgan fingerprint density at radius 2 is 2.00 bits per heavy atom. The van der Waals surface area contributed by atoms with Crippen molar-refractivity contribution in [3.05, 3.63) is 0 Å². The second kappa shape index (κ2) is 5.20. The average Bonchev–Trinajstić information content (AvgIpc) is 2.65. The number of hydrazine groups is 1. The van der Waals surface area contributed by atoms with Gasteiger partial charge in [-0.05, 0) is 0 Å². The van der Waals surface area contributed by atoms with Crippen LogP contribution in [0.4, 0.5) is 4.79 Å². The summed E-state index contributed by atoms with van der Waals surface area (Å²) >= 11 is 0. The van der Waals surface area contributed by atoms with Crippen molar-refractivity contribution in [2.45, 2.75) is 37.1 Å². The maximum atomic E-state index is 12.2. The van der Waals surface area contributed by atoms with Crippen molar-refractivity contribution in [2.24, 2.45) is 0 Å². The summed E-state index contributed by atoms with van der Waals surface area (Å²) in [6.07, 6.45) is -6.91.